The highest BCUT2D eigenvalue weighted by molar-refractivity contribution is 8.00. The number of nitrogens with one attached hydrogen (secondary N) is 1. The first kappa shape index (κ1) is 19.3. The molecule has 0 radical (unpaired) electrons. The van der Waals surface area contributed by atoms with Crippen molar-refractivity contribution in [1.29, 1.82) is 5.26 Å². The summed E-state index contributed by atoms with van der Waals surface area (Å²) in [4.78, 5) is 13.7. The first-order valence-electron chi connectivity index (χ1n) is 9.19. The summed E-state index contributed by atoms with van der Waals surface area (Å²) in [7, 11) is 1.57. The van der Waals surface area contributed by atoms with Crippen molar-refractivity contribution in [2.45, 2.75) is 43.3 Å². The Balaban J connectivity index is 1.77. The molecule has 1 unspecified atom stereocenters. The highest BCUT2D eigenvalue weighted by Gasteiger charge is 2.25. The minimum absolute atomic E-state index is 0.0346. The molecule has 1 atom stereocenters. The molecule has 4 nitrogen and oxygen atoms in total. The Kier molecular flexibility index (Phi) is 6.08. The van der Waals surface area contributed by atoms with Gasteiger partial charge in [0.15, 0.2) is 0 Å². The van der Waals surface area contributed by atoms with Gasteiger partial charge in [-0.1, -0.05) is 19.9 Å². The molecule has 3 rings (SSSR count). The first-order valence-corrected chi connectivity index (χ1v) is 10.1. The molecule has 1 N–H and O–H groups in total. The van der Waals surface area contributed by atoms with E-state index in [9.17, 15) is 10.1 Å². The quantitative estimate of drug-likeness (QED) is 0.731. The third-order valence-corrected chi connectivity index (χ3v) is 6.41. The van der Waals surface area contributed by atoms with E-state index in [0.29, 0.717) is 11.3 Å². The van der Waals surface area contributed by atoms with Gasteiger partial charge in [-0.2, -0.15) is 5.26 Å². The minimum Gasteiger partial charge on any atom is -0.497 e. The van der Waals surface area contributed by atoms with Gasteiger partial charge < -0.3 is 10.1 Å². The Hall–Kier alpha value is -2.45. The molecule has 5 heteroatoms. The molecule has 2 aromatic carbocycles. The van der Waals surface area contributed by atoms with E-state index in [0.717, 1.165) is 23.4 Å². The van der Waals surface area contributed by atoms with Crippen LogP contribution in [0.3, 0.4) is 0 Å². The van der Waals surface area contributed by atoms with E-state index in [4.69, 9.17) is 4.74 Å². The zero-order valence-corrected chi connectivity index (χ0v) is 16.7. The molecular formula is C22H24N2O2S. The fraction of sp³-hybridized carbons (Fsp3) is 0.364. The van der Waals surface area contributed by atoms with Crippen LogP contribution in [-0.2, 0) is 17.6 Å². The number of nitriles is 1. The van der Waals surface area contributed by atoms with Gasteiger partial charge in [0, 0.05) is 10.6 Å². The standard InChI is InChI=1S/C22H24N2O2S/c1-14(2)21(27-20-10-9-19(26-3)12-17(20)13-23)22(25)24-18-8-7-15-5-4-6-16(15)11-18/h7-12,14,21H,4-6H2,1-3H3,(H,24,25). The van der Waals surface area contributed by atoms with Crippen molar-refractivity contribution in [3.63, 3.8) is 0 Å². The number of hydrogen-bond donors (Lipinski definition) is 1. The molecule has 0 aliphatic heterocycles. The molecule has 140 valence electrons. The second-order valence-corrected chi connectivity index (χ2v) is 8.27. The number of thioether (sulfide) groups is 1. The molecule has 0 spiro atoms. The molecular weight excluding hydrogens is 356 g/mol. The second-order valence-electron chi connectivity index (χ2n) is 7.08. The average Bonchev–Trinajstić information content (AvgIpc) is 3.13. The third kappa shape index (κ3) is 4.45. The van der Waals surface area contributed by atoms with Crippen molar-refractivity contribution in [3.8, 4) is 11.8 Å². The van der Waals surface area contributed by atoms with Crippen molar-refractivity contribution in [2.75, 3.05) is 12.4 Å². The number of rotatable bonds is 6. The number of methoxy groups -OCH3 is 1. The second kappa shape index (κ2) is 8.49. The highest BCUT2D eigenvalue weighted by atomic mass is 32.2. The predicted octanol–water partition coefficient (Wildman–Crippen LogP) is 4.81. The monoisotopic (exact) mass is 380 g/mol. The number of ether oxygens (including phenoxy) is 1. The van der Waals surface area contributed by atoms with E-state index in [2.05, 4.69) is 23.5 Å². The number of benzene rings is 2. The van der Waals surface area contributed by atoms with E-state index in [1.807, 2.05) is 32.0 Å². The largest absolute Gasteiger partial charge is 0.497 e. The molecule has 0 saturated heterocycles. The Morgan fingerprint density at radius 1 is 1.19 bits per heavy atom. The van der Waals surface area contributed by atoms with E-state index in [1.165, 1.54) is 29.3 Å². The molecule has 0 fully saturated rings. The van der Waals surface area contributed by atoms with Crippen LogP contribution in [0.1, 0.15) is 37.0 Å². The molecule has 0 saturated carbocycles. The summed E-state index contributed by atoms with van der Waals surface area (Å²) in [6.07, 6.45) is 3.40. The van der Waals surface area contributed by atoms with Gasteiger partial charge >= 0.3 is 0 Å². The topological polar surface area (TPSA) is 62.1 Å². The summed E-state index contributed by atoms with van der Waals surface area (Å²) in [6.45, 7) is 4.05. The molecule has 1 aliphatic carbocycles. The van der Waals surface area contributed by atoms with E-state index in [-0.39, 0.29) is 17.1 Å². The van der Waals surface area contributed by atoms with Gasteiger partial charge in [0.05, 0.1) is 17.9 Å². The maximum absolute atomic E-state index is 12.9. The molecule has 0 heterocycles. The van der Waals surface area contributed by atoms with Crippen LogP contribution in [-0.4, -0.2) is 18.3 Å². The lowest BCUT2D eigenvalue weighted by molar-refractivity contribution is -0.116. The first-order chi connectivity index (χ1) is 13.0. The van der Waals surface area contributed by atoms with Crippen LogP contribution in [0.25, 0.3) is 0 Å². The van der Waals surface area contributed by atoms with Crippen molar-refractivity contribution in [3.05, 3.63) is 53.1 Å². The van der Waals surface area contributed by atoms with Gasteiger partial charge in [-0.15, -0.1) is 11.8 Å². The van der Waals surface area contributed by atoms with Crippen LogP contribution in [0.5, 0.6) is 5.75 Å². The van der Waals surface area contributed by atoms with Crippen molar-refractivity contribution < 1.29 is 9.53 Å². The van der Waals surface area contributed by atoms with Crippen LogP contribution in [0, 0.1) is 17.2 Å². The number of fused-ring (bicyclic) bond motifs is 1. The zero-order chi connectivity index (χ0) is 19.4. The summed E-state index contributed by atoms with van der Waals surface area (Å²) in [5.74, 6) is 0.727. The summed E-state index contributed by atoms with van der Waals surface area (Å²) < 4.78 is 5.19. The highest BCUT2D eigenvalue weighted by Crippen LogP contribution is 2.33. The predicted molar refractivity (Wildman–Crippen MR) is 109 cm³/mol. The van der Waals surface area contributed by atoms with Gasteiger partial charge in [0.1, 0.15) is 11.8 Å². The van der Waals surface area contributed by atoms with Gasteiger partial charge in [-0.05, 0) is 66.6 Å². The summed E-state index contributed by atoms with van der Waals surface area (Å²) in [5, 5.41) is 12.2. The van der Waals surface area contributed by atoms with Crippen molar-refractivity contribution >= 4 is 23.4 Å². The SMILES string of the molecule is COc1ccc(SC(C(=O)Nc2ccc3c(c2)CCC3)C(C)C)c(C#N)c1. The zero-order valence-electron chi connectivity index (χ0n) is 15.9. The Morgan fingerprint density at radius 2 is 1.96 bits per heavy atom. The lowest BCUT2D eigenvalue weighted by Gasteiger charge is -2.21. The number of aryl methyl sites for hydroxylation is 2. The summed E-state index contributed by atoms with van der Waals surface area (Å²) >= 11 is 1.43. The minimum atomic E-state index is -0.293. The Bertz CT molecular complexity index is 886. The fourth-order valence-electron chi connectivity index (χ4n) is 3.32. The van der Waals surface area contributed by atoms with Crippen molar-refractivity contribution in [2.24, 2.45) is 5.92 Å². The van der Waals surface area contributed by atoms with Gasteiger partial charge in [0.2, 0.25) is 5.91 Å². The maximum atomic E-state index is 12.9. The molecule has 0 aromatic heterocycles. The maximum Gasteiger partial charge on any atom is 0.238 e. The lowest BCUT2D eigenvalue weighted by atomic mass is 10.1. The van der Waals surface area contributed by atoms with E-state index < -0.39 is 0 Å². The van der Waals surface area contributed by atoms with Crippen LogP contribution in [0.4, 0.5) is 5.69 Å². The molecule has 1 amide bonds. The Labute approximate surface area is 164 Å². The summed E-state index contributed by atoms with van der Waals surface area (Å²) in [5.41, 5.74) is 4.10. The number of carbonyl (C=O) groups excluding carboxylic acids is 1. The van der Waals surface area contributed by atoms with Crippen molar-refractivity contribution in [1.82, 2.24) is 0 Å². The lowest BCUT2D eigenvalue weighted by Crippen LogP contribution is -2.29. The van der Waals surface area contributed by atoms with Gasteiger partial charge in [-0.25, -0.2) is 0 Å². The van der Waals surface area contributed by atoms with E-state index >= 15 is 0 Å². The Morgan fingerprint density at radius 3 is 2.67 bits per heavy atom. The normalized spacial score (nSPS) is 13.7. The summed E-state index contributed by atoms with van der Waals surface area (Å²) in [6, 6.07) is 13.8. The molecule has 1 aliphatic rings. The number of nitrogens with zero attached hydrogens (tertiary/aromatic N) is 1. The smallest absolute Gasteiger partial charge is 0.238 e. The number of amides is 1. The van der Waals surface area contributed by atoms with Crippen LogP contribution in [0.15, 0.2) is 41.3 Å². The fourth-order valence-corrected chi connectivity index (χ4v) is 4.41. The third-order valence-electron chi connectivity index (χ3n) is 4.79. The molecule has 2 aromatic rings. The number of carbonyl (C=O) groups is 1. The number of hydrogen-bond acceptors (Lipinski definition) is 4. The van der Waals surface area contributed by atoms with Gasteiger partial charge in [0.25, 0.3) is 0 Å². The van der Waals surface area contributed by atoms with Crippen LogP contribution in [0.2, 0.25) is 0 Å². The molecule has 0 bridgehead atoms. The molecule has 27 heavy (non-hydrogen) atoms. The van der Waals surface area contributed by atoms with Crippen LogP contribution < -0.4 is 10.1 Å². The number of anilines is 1. The average molecular weight is 381 g/mol. The van der Waals surface area contributed by atoms with Crippen LogP contribution >= 0.6 is 11.8 Å². The van der Waals surface area contributed by atoms with Gasteiger partial charge in [-0.3, -0.25) is 4.79 Å². The van der Waals surface area contributed by atoms with E-state index in [1.54, 1.807) is 13.2 Å².